The Morgan fingerprint density at radius 2 is 1.52 bits per heavy atom. The van der Waals surface area contributed by atoms with Gasteiger partial charge in [-0.3, -0.25) is 9.71 Å². The molecular formula is C19H19N3O2S. The van der Waals surface area contributed by atoms with E-state index in [1.54, 1.807) is 42.6 Å². The van der Waals surface area contributed by atoms with Gasteiger partial charge in [-0.1, -0.05) is 36.4 Å². The molecule has 0 amide bonds. The van der Waals surface area contributed by atoms with Crippen molar-refractivity contribution in [2.24, 2.45) is 0 Å². The van der Waals surface area contributed by atoms with E-state index in [9.17, 15) is 8.42 Å². The van der Waals surface area contributed by atoms with Gasteiger partial charge in [0.05, 0.1) is 10.6 Å². The number of hydrogen-bond acceptors (Lipinski definition) is 4. The average Bonchev–Trinajstić information content (AvgIpc) is 2.64. The van der Waals surface area contributed by atoms with Crippen molar-refractivity contribution in [2.75, 3.05) is 4.72 Å². The van der Waals surface area contributed by atoms with Crippen LogP contribution in [0.5, 0.6) is 0 Å². The van der Waals surface area contributed by atoms with Crippen LogP contribution >= 0.6 is 0 Å². The summed E-state index contributed by atoms with van der Waals surface area (Å²) in [5.41, 5.74) is 2.52. The first kappa shape index (κ1) is 17.1. The van der Waals surface area contributed by atoms with Crippen LogP contribution in [0.15, 0.2) is 83.9 Å². The van der Waals surface area contributed by atoms with Gasteiger partial charge in [0.1, 0.15) is 0 Å². The summed E-state index contributed by atoms with van der Waals surface area (Å²) >= 11 is 0. The minimum atomic E-state index is -3.57. The van der Waals surface area contributed by atoms with Gasteiger partial charge in [0.15, 0.2) is 0 Å². The van der Waals surface area contributed by atoms with E-state index in [1.165, 1.54) is 0 Å². The Morgan fingerprint density at radius 1 is 0.800 bits per heavy atom. The number of aromatic nitrogens is 1. The maximum Gasteiger partial charge on any atom is 0.261 e. The van der Waals surface area contributed by atoms with E-state index < -0.39 is 10.0 Å². The predicted octanol–water partition coefficient (Wildman–Crippen LogP) is 3.17. The Labute approximate surface area is 147 Å². The van der Waals surface area contributed by atoms with Gasteiger partial charge in [-0.15, -0.1) is 0 Å². The van der Waals surface area contributed by atoms with E-state index in [0.29, 0.717) is 18.8 Å². The molecule has 128 valence electrons. The smallest absolute Gasteiger partial charge is 0.261 e. The fourth-order valence-corrected chi connectivity index (χ4v) is 3.40. The minimum absolute atomic E-state index is 0.241. The van der Waals surface area contributed by atoms with Gasteiger partial charge in [-0.25, -0.2) is 8.42 Å². The Hall–Kier alpha value is -2.70. The lowest BCUT2D eigenvalue weighted by molar-refractivity contribution is 0.601. The van der Waals surface area contributed by atoms with Gasteiger partial charge in [0.2, 0.25) is 0 Å². The number of para-hydroxylation sites is 1. The Kier molecular flexibility index (Phi) is 5.42. The van der Waals surface area contributed by atoms with Crippen LogP contribution < -0.4 is 10.0 Å². The molecule has 6 heteroatoms. The maximum absolute atomic E-state index is 12.4. The molecule has 25 heavy (non-hydrogen) atoms. The third kappa shape index (κ3) is 4.89. The molecule has 2 aromatic carbocycles. The maximum atomic E-state index is 12.4. The van der Waals surface area contributed by atoms with Crippen LogP contribution in [-0.4, -0.2) is 13.4 Å². The topological polar surface area (TPSA) is 71.1 Å². The molecule has 3 aromatic rings. The first-order valence-corrected chi connectivity index (χ1v) is 9.39. The zero-order valence-electron chi connectivity index (χ0n) is 13.6. The Bertz CT molecular complexity index is 896. The largest absolute Gasteiger partial charge is 0.307 e. The highest BCUT2D eigenvalue weighted by atomic mass is 32.2. The van der Waals surface area contributed by atoms with Crippen molar-refractivity contribution < 1.29 is 8.42 Å². The van der Waals surface area contributed by atoms with Crippen molar-refractivity contribution in [1.82, 2.24) is 10.3 Å². The standard InChI is InChI=1S/C19H19N3O2S/c23-25(24,22-17-6-2-1-3-7-17)19-11-9-16(10-12-19)14-20-15-18-8-4-5-13-21-18/h1-13,20,22H,14-15H2. The summed E-state index contributed by atoms with van der Waals surface area (Å²) in [6, 6.07) is 21.5. The summed E-state index contributed by atoms with van der Waals surface area (Å²) in [5.74, 6) is 0. The third-order valence-corrected chi connectivity index (χ3v) is 5.02. The summed E-state index contributed by atoms with van der Waals surface area (Å²) in [6.45, 7) is 1.31. The molecule has 0 bridgehead atoms. The van der Waals surface area contributed by atoms with Gasteiger partial charge >= 0.3 is 0 Å². The quantitative estimate of drug-likeness (QED) is 0.684. The van der Waals surface area contributed by atoms with Crippen LogP contribution in [0.4, 0.5) is 5.69 Å². The molecule has 1 aromatic heterocycles. The minimum Gasteiger partial charge on any atom is -0.307 e. The molecular weight excluding hydrogens is 334 g/mol. The number of nitrogens with one attached hydrogen (secondary N) is 2. The summed E-state index contributed by atoms with van der Waals surface area (Å²) in [5, 5.41) is 3.29. The molecule has 0 fully saturated rings. The number of pyridine rings is 1. The van der Waals surface area contributed by atoms with Crippen LogP contribution in [0, 0.1) is 0 Å². The van der Waals surface area contributed by atoms with Gasteiger partial charge in [0, 0.05) is 25.0 Å². The second kappa shape index (κ2) is 7.92. The van der Waals surface area contributed by atoms with E-state index >= 15 is 0 Å². The monoisotopic (exact) mass is 353 g/mol. The van der Waals surface area contributed by atoms with Crippen LogP contribution in [0.3, 0.4) is 0 Å². The van der Waals surface area contributed by atoms with Crippen LogP contribution in [0.2, 0.25) is 0 Å². The first-order chi connectivity index (χ1) is 12.1. The fourth-order valence-electron chi connectivity index (χ4n) is 2.34. The molecule has 0 aliphatic rings. The second-order valence-corrected chi connectivity index (χ2v) is 7.22. The summed E-state index contributed by atoms with van der Waals surface area (Å²) < 4.78 is 27.3. The summed E-state index contributed by atoms with van der Waals surface area (Å²) in [6.07, 6.45) is 1.76. The lowest BCUT2D eigenvalue weighted by atomic mass is 10.2. The van der Waals surface area contributed by atoms with Crippen molar-refractivity contribution in [2.45, 2.75) is 18.0 Å². The highest BCUT2D eigenvalue weighted by Gasteiger charge is 2.13. The van der Waals surface area contributed by atoms with Crippen molar-refractivity contribution in [3.63, 3.8) is 0 Å². The van der Waals surface area contributed by atoms with Crippen LogP contribution in [0.1, 0.15) is 11.3 Å². The molecule has 5 nitrogen and oxygen atoms in total. The van der Waals surface area contributed by atoms with Gasteiger partial charge in [-0.05, 0) is 42.0 Å². The first-order valence-electron chi connectivity index (χ1n) is 7.91. The third-order valence-electron chi connectivity index (χ3n) is 3.62. The van der Waals surface area contributed by atoms with Crippen molar-refractivity contribution in [1.29, 1.82) is 0 Å². The number of anilines is 1. The molecule has 1 heterocycles. The molecule has 0 atom stereocenters. The molecule has 0 saturated carbocycles. The number of sulfonamides is 1. The van der Waals surface area contributed by atoms with Crippen molar-refractivity contribution in [3.8, 4) is 0 Å². The zero-order chi connectivity index (χ0) is 17.5. The molecule has 0 saturated heterocycles. The van der Waals surface area contributed by atoms with Crippen LogP contribution in [-0.2, 0) is 23.1 Å². The molecule has 0 spiro atoms. The van der Waals surface area contributed by atoms with Crippen LogP contribution in [0.25, 0.3) is 0 Å². The molecule has 0 aliphatic heterocycles. The van der Waals surface area contributed by atoms with E-state index in [0.717, 1.165) is 11.3 Å². The Morgan fingerprint density at radius 3 is 2.20 bits per heavy atom. The average molecular weight is 353 g/mol. The van der Waals surface area contributed by atoms with E-state index in [1.807, 2.05) is 36.4 Å². The summed E-state index contributed by atoms with van der Waals surface area (Å²) in [7, 11) is -3.57. The normalized spacial score (nSPS) is 11.2. The number of hydrogen-bond donors (Lipinski definition) is 2. The number of benzene rings is 2. The predicted molar refractivity (Wildman–Crippen MR) is 98.5 cm³/mol. The SMILES string of the molecule is O=S(=O)(Nc1ccccc1)c1ccc(CNCc2ccccn2)cc1. The molecule has 0 aliphatic carbocycles. The number of rotatable bonds is 7. The van der Waals surface area contributed by atoms with E-state index in [4.69, 9.17) is 0 Å². The zero-order valence-corrected chi connectivity index (χ0v) is 14.4. The number of nitrogens with zero attached hydrogens (tertiary/aromatic N) is 1. The van der Waals surface area contributed by atoms with Crippen molar-refractivity contribution in [3.05, 3.63) is 90.3 Å². The molecule has 2 N–H and O–H groups in total. The highest BCUT2D eigenvalue weighted by Crippen LogP contribution is 2.16. The van der Waals surface area contributed by atoms with E-state index in [2.05, 4.69) is 15.0 Å². The van der Waals surface area contributed by atoms with Gasteiger partial charge < -0.3 is 5.32 Å². The van der Waals surface area contributed by atoms with Crippen molar-refractivity contribution >= 4 is 15.7 Å². The molecule has 3 rings (SSSR count). The lowest BCUT2D eigenvalue weighted by Crippen LogP contribution is -2.15. The highest BCUT2D eigenvalue weighted by molar-refractivity contribution is 7.92. The Balaban J connectivity index is 1.59. The lowest BCUT2D eigenvalue weighted by Gasteiger charge is -2.09. The fraction of sp³-hybridized carbons (Fsp3) is 0.105. The molecule has 0 radical (unpaired) electrons. The second-order valence-electron chi connectivity index (χ2n) is 5.54. The van der Waals surface area contributed by atoms with Gasteiger partial charge in [0.25, 0.3) is 10.0 Å². The summed E-state index contributed by atoms with van der Waals surface area (Å²) in [4.78, 5) is 4.49. The molecule has 0 unspecified atom stereocenters. The van der Waals surface area contributed by atoms with E-state index in [-0.39, 0.29) is 4.90 Å². The van der Waals surface area contributed by atoms with Gasteiger partial charge in [-0.2, -0.15) is 0 Å².